The number of benzene rings is 1. The molecule has 0 saturated carbocycles. The van der Waals surface area contributed by atoms with E-state index in [9.17, 15) is 5.11 Å². The van der Waals surface area contributed by atoms with Gasteiger partial charge in [-0.1, -0.05) is 30.3 Å². The number of nitrogens with zero attached hydrogens (tertiary/aromatic N) is 2. The summed E-state index contributed by atoms with van der Waals surface area (Å²) >= 11 is 1.58. The molecule has 2 atom stereocenters. The van der Waals surface area contributed by atoms with E-state index in [2.05, 4.69) is 58.8 Å². The van der Waals surface area contributed by atoms with E-state index in [0.29, 0.717) is 12.6 Å². The Hall–Kier alpha value is -1.89. The van der Waals surface area contributed by atoms with Crippen LogP contribution in [0, 0.1) is 0 Å². The number of nitrogens with one attached hydrogen (secondary N) is 2. The standard InChI is InChI=1S/C21H32N4OS/c1-5-22-20(24-16-21(3,26)19-11-12-27-15-19)23-13-17(2)25(4)14-18-9-7-6-8-10-18/h6-12,15,17,26H,5,13-14,16H2,1-4H3,(H2,22,23,24). The van der Waals surface area contributed by atoms with Gasteiger partial charge in [0, 0.05) is 25.7 Å². The molecular weight excluding hydrogens is 356 g/mol. The lowest BCUT2D eigenvalue weighted by molar-refractivity contribution is 0.0677. The van der Waals surface area contributed by atoms with Gasteiger partial charge >= 0.3 is 0 Å². The maximum absolute atomic E-state index is 10.7. The molecule has 148 valence electrons. The van der Waals surface area contributed by atoms with Crippen molar-refractivity contribution in [2.24, 2.45) is 4.99 Å². The van der Waals surface area contributed by atoms with Gasteiger partial charge in [-0.3, -0.25) is 4.90 Å². The zero-order valence-electron chi connectivity index (χ0n) is 16.8. The molecule has 1 aromatic heterocycles. The molecule has 1 aromatic carbocycles. The first kappa shape index (κ1) is 21.4. The molecule has 0 aliphatic rings. The van der Waals surface area contributed by atoms with E-state index < -0.39 is 5.60 Å². The molecule has 2 unspecified atom stereocenters. The van der Waals surface area contributed by atoms with Gasteiger partial charge in [0.25, 0.3) is 0 Å². The number of aliphatic imine (C=N–C) groups is 1. The predicted octanol–water partition coefficient (Wildman–Crippen LogP) is 3.03. The molecule has 27 heavy (non-hydrogen) atoms. The molecule has 0 spiro atoms. The third-order valence-electron chi connectivity index (χ3n) is 4.62. The van der Waals surface area contributed by atoms with Crippen molar-refractivity contribution < 1.29 is 5.11 Å². The molecule has 0 radical (unpaired) electrons. The summed E-state index contributed by atoms with van der Waals surface area (Å²) < 4.78 is 0. The van der Waals surface area contributed by atoms with Crippen LogP contribution in [0.1, 0.15) is 31.9 Å². The average molecular weight is 389 g/mol. The van der Waals surface area contributed by atoms with Crippen LogP contribution in [-0.4, -0.2) is 48.7 Å². The Bertz CT molecular complexity index is 685. The Balaban J connectivity index is 1.89. The molecule has 0 saturated heterocycles. The molecule has 3 N–H and O–H groups in total. The fraction of sp³-hybridized carbons (Fsp3) is 0.476. The van der Waals surface area contributed by atoms with Crippen LogP contribution in [0.4, 0.5) is 0 Å². The molecule has 2 rings (SSSR count). The van der Waals surface area contributed by atoms with Crippen molar-refractivity contribution in [3.05, 3.63) is 58.3 Å². The molecule has 0 bridgehead atoms. The zero-order valence-corrected chi connectivity index (χ0v) is 17.6. The fourth-order valence-corrected chi connectivity index (χ4v) is 3.45. The Labute approximate surface area is 167 Å². The maximum atomic E-state index is 10.7. The number of likely N-dealkylation sites (N-methyl/N-ethyl adjacent to an activating group) is 1. The Kier molecular flexibility index (Phi) is 8.28. The molecule has 0 aliphatic heterocycles. The van der Waals surface area contributed by atoms with Crippen molar-refractivity contribution in [2.75, 3.05) is 26.7 Å². The van der Waals surface area contributed by atoms with Gasteiger partial charge in [-0.2, -0.15) is 11.3 Å². The Morgan fingerprint density at radius 2 is 2.00 bits per heavy atom. The highest BCUT2D eigenvalue weighted by atomic mass is 32.1. The average Bonchev–Trinajstić information content (AvgIpc) is 3.20. The summed E-state index contributed by atoms with van der Waals surface area (Å²) in [7, 11) is 2.13. The maximum Gasteiger partial charge on any atom is 0.191 e. The Morgan fingerprint density at radius 3 is 2.63 bits per heavy atom. The zero-order chi connectivity index (χ0) is 19.7. The van der Waals surface area contributed by atoms with Crippen LogP contribution in [0.2, 0.25) is 0 Å². The van der Waals surface area contributed by atoms with Gasteiger partial charge in [-0.05, 0) is 55.8 Å². The van der Waals surface area contributed by atoms with E-state index in [1.807, 2.05) is 29.8 Å². The van der Waals surface area contributed by atoms with Gasteiger partial charge in [-0.25, -0.2) is 4.99 Å². The summed E-state index contributed by atoms with van der Waals surface area (Å²) in [6, 6.07) is 12.8. The quantitative estimate of drug-likeness (QED) is 0.456. The monoisotopic (exact) mass is 388 g/mol. The minimum Gasteiger partial charge on any atom is -0.383 e. The van der Waals surface area contributed by atoms with Crippen molar-refractivity contribution in [1.82, 2.24) is 15.5 Å². The van der Waals surface area contributed by atoms with E-state index in [0.717, 1.165) is 31.2 Å². The molecule has 1 heterocycles. The lowest BCUT2D eigenvalue weighted by Gasteiger charge is -2.26. The van der Waals surface area contributed by atoms with E-state index in [-0.39, 0.29) is 0 Å². The summed E-state index contributed by atoms with van der Waals surface area (Å²) in [5.74, 6) is 0.730. The summed E-state index contributed by atoms with van der Waals surface area (Å²) in [6.07, 6.45) is 0. The summed E-state index contributed by atoms with van der Waals surface area (Å²) in [5, 5.41) is 21.2. The van der Waals surface area contributed by atoms with Gasteiger partial charge in [0.05, 0.1) is 6.54 Å². The molecule has 5 nitrogen and oxygen atoms in total. The van der Waals surface area contributed by atoms with Crippen LogP contribution in [0.3, 0.4) is 0 Å². The van der Waals surface area contributed by atoms with Crippen molar-refractivity contribution >= 4 is 17.3 Å². The normalized spacial score (nSPS) is 15.4. The second kappa shape index (κ2) is 10.4. The van der Waals surface area contributed by atoms with Gasteiger partial charge in [0.2, 0.25) is 0 Å². The molecule has 2 aromatic rings. The molecular formula is C21H32N4OS. The fourth-order valence-electron chi connectivity index (χ4n) is 2.66. The second-order valence-corrected chi connectivity index (χ2v) is 7.89. The van der Waals surface area contributed by atoms with Crippen molar-refractivity contribution in [2.45, 2.75) is 39.0 Å². The van der Waals surface area contributed by atoms with Crippen LogP contribution >= 0.6 is 11.3 Å². The van der Waals surface area contributed by atoms with Crippen LogP contribution in [0.5, 0.6) is 0 Å². The SMILES string of the molecule is CCNC(=NCC(C)(O)c1ccsc1)NCC(C)N(C)Cc1ccccc1. The topological polar surface area (TPSA) is 59.9 Å². The van der Waals surface area contributed by atoms with Crippen LogP contribution < -0.4 is 10.6 Å². The van der Waals surface area contributed by atoms with E-state index >= 15 is 0 Å². The highest BCUT2D eigenvalue weighted by Crippen LogP contribution is 2.23. The van der Waals surface area contributed by atoms with E-state index in [1.165, 1.54) is 5.56 Å². The molecule has 0 fully saturated rings. The summed E-state index contributed by atoms with van der Waals surface area (Å²) in [6.45, 7) is 8.81. The predicted molar refractivity (Wildman–Crippen MR) is 115 cm³/mol. The summed E-state index contributed by atoms with van der Waals surface area (Å²) in [5.41, 5.74) is 1.25. The number of rotatable bonds is 9. The lowest BCUT2D eigenvalue weighted by atomic mass is 10.00. The second-order valence-electron chi connectivity index (χ2n) is 7.11. The van der Waals surface area contributed by atoms with Gasteiger partial charge < -0.3 is 15.7 Å². The number of hydrogen-bond acceptors (Lipinski definition) is 4. The van der Waals surface area contributed by atoms with Gasteiger partial charge in [0.1, 0.15) is 5.60 Å². The van der Waals surface area contributed by atoms with Gasteiger partial charge in [0.15, 0.2) is 5.96 Å². The first-order valence-corrected chi connectivity index (χ1v) is 10.4. The Morgan fingerprint density at radius 1 is 1.26 bits per heavy atom. The number of guanidine groups is 1. The number of hydrogen-bond donors (Lipinski definition) is 3. The minimum atomic E-state index is -0.960. The van der Waals surface area contributed by atoms with Crippen LogP contribution in [0.25, 0.3) is 0 Å². The highest BCUT2D eigenvalue weighted by Gasteiger charge is 2.23. The van der Waals surface area contributed by atoms with Crippen LogP contribution in [-0.2, 0) is 12.1 Å². The smallest absolute Gasteiger partial charge is 0.191 e. The first-order chi connectivity index (χ1) is 12.9. The number of aliphatic hydroxyl groups is 1. The number of thiophene rings is 1. The van der Waals surface area contributed by atoms with Crippen molar-refractivity contribution in [3.63, 3.8) is 0 Å². The van der Waals surface area contributed by atoms with Crippen LogP contribution in [0.15, 0.2) is 52.2 Å². The largest absolute Gasteiger partial charge is 0.383 e. The molecule has 0 aliphatic carbocycles. The molecule has 6 heteroatoms. The minimum absolute atomic E-state index is 0.313. The third-order valence-corrected chi connectivity index (χ3v) is 5.31. The molecule has 0 amide bonds. The third kappa shape index (κ3) is 6.97. The highest BCUT2D eigenvalue weighted by molar-refractivity contribution is 7.08. The summed E-state index contributed by atoms with van der Waals surface area (Å²) in [4.78, 5) is 6.90. The van der Waals surface area contributed by atoms with E-state index in [4.69, 9.17) is 0 Å². The van der Waals surface area contributed by atoms with Gasteiger partial charge in [-0.15, -0.1) is 0 Å². The first-order valence-electron chi connectivity index (χ1n) is 9.43. The van der Waals surface area contributed by atoms with E-state index in [1.54, 1.807) is 18.3 Å². The lowest BCUT2D eigenvalue weighted by Crippen LogP contribution is -2.45. The van der Waals surface area contributed by atoms with Crippen molar-refractivity contribution in [1.29, 1.82) is 0 Å². The van der Waals surface area contributed by atoms with Crippen molar-refractivity contribution in [3.8, 4) is 0 Å².